The Kier molecular flexibility index (Phi) is 4.94. The maximum Gasteiger partial charge on any atom is 0.272 e. The van der Waals surface area contributed by atoms with E-state index in [1.54, 1.807) is 18.2 Å². The quantitative estimate of drug-likeness (QED) is 0.746. The van der Waals surface area contributed by atoms with Crippen LogP contribution in [-0.4, -0.2) is 19.3 Å². The molecule has 2 rings (SSSR count). The van der Waals surface area contributed by atoms with Gasteiger partial charge in [-0.2, -0.15) is 0 Å². The molecule has 0 unspecified atom stereocenters. The van der Waals surface area contributed by atoms with Crippen LogP contribution in [0.5, 0.6) is 0 Å². The molecule has 1 heterocycles. The monoisotopic (exact) mass is 428 g/mol. The summed E-state index contributed by atoms with van der Waals surface area (Å²) in [6.45, 7) is 1.50. The lowest BCUT2D eigenvalue weighted by Gasteiger charge is -2.04. The number of carbonyl (C=O) groups excluding carboxylic acids is 1. The number of hydrogen-bond donors (Lipinski definition) is 1. The third-order valence-electron chi connectivity index (χ3n) is 2.37. The summed E-state index contributed by atoms with van der Waals surface area (Å²) >= 11 is 9.83. The molecule has 112 valence electrons. The number of benzene rings is 1. The molecule has 10 heteroatoms. The van der Waals surface area contributed by atoms with E-state index >= 15 is 0 Å². The Balaban J connectivity index is 2.28. The number of rotatable bonds is 3. The molecule has 0 saturated heterocycles. The standard InChI is InChI=1S/C11H7BrCl2N2O3S2/c1-5-10(21(14,18)19)20-11(15-5)16-9(17)7-3-2-6(13)4-8(7)12/h2-4H,1H3,(H,15,16,17). The molecule has 1 aromatic heterocycles. The molecule has 21 heavy (non-hydrogen) atoms. The second-order valence-electron chi connectivity index (χ2n) is 3.91. The van der Waals surface area contributed by atoms with Crippen LogP contribution in [0.2, 0.25) is 5.02 Å². The van der Waals surface area contributed by atoms with Crippen molar-refractivity contribution in [1.82, 2.24) is 4.98 Å². The summed E-state index contributed by atoms with van der Waals surface area (Å²) < 4.78 is 23.1. The maximum atomic E-state index is 12.1. The van der Waals surface area contributed by atoms with Crippen molar-refractivity contribution in [3.05, 3.63) is 39.0 Å². The highest BCUT2D eigenvalue weighted by atomic mass is 79.9. The van der Waals surface area contributed by atoms with Gasteiger partial charge in [-0.1, -0.05) is 22.9 Å². The number of amides is 1. The van der Waals surface area contributed by atoms with E-state index in [-0.39, 0.29) is 15.0 Å². The Hall–Kier alpha value is -0.670. The summed E-state index contributed by atoms with van der Waals surface area (Å²) in [6, 6.07) is 4.70. The molecule has 0 aliphatic carbocycles. The molecule has 0 radical (unpaired) electrons. The van der Waals surface area contributed by atoms with Crippen LogP contribution in [0.25, 0.3) is 0 Å². The van der Waals surface area contributed by atoms with E-state index in [0.29, 0.717) is 15.1 Å². The smallest absolute Gasteiger partial charge is 0.272 e. The van der Waals surface area contributed by atoms with E-state index < -0.39 is 15.0 Å². The van der Waals surface area contributed by atoms with Gasteiger partial charge in [-0.05, 0) is 41.1 Å². The lowest BCUT2D eigenvalue weighted by Crippen LogP contribution is -2.12. The Labute approximate surface area is 142 Å². The number of aryl methyl sites for hydroxylation is 1. The first-order valence-corrected chi connectivity index (χ1v) is 9.66. The van der Waals surface area contributed by atoms with Crippen LogP contribution < -0.4 is 5.32 Å². The number of hydrogen-bond acceptors (Lipinski definition) is 5. The van der Waals surface area contributed by atoms with Crippen molar-refractivity contribution in [1.29, 1.82) is 0 Å². The second kappa shape index (κ2) is 6.21. The normalized spacial score (nSPS) is 11.4. The van der Waals surface area contributed by atoms with E-state index in [2.05, 4.69) is 26.2 Å². The molecule has 0 fully saturated rings. The van der Waals surface area contributed by atoms with E-state index in [9.17, 15) is 13.2 Å². The average molecular weight is 430 g/mol. The van der Waals surface area contributed by atoms with Crippen LogP contribution in [0.4, 0.5) is 5.13 Å². The van der Waals surface area contributed by atoms with Crippen LogP contribution in [-0.2, 0) is 9.05 Å². The zero-order valence-corrected chi connectivity index (χ0v) is 15.1. The molecule has 1 aromatic carbocycles. The summed E-state index contributed by atoms with van der Waals surface area (Å²) in [6.07, 6.45) is 0. The van der Waals surface area contributed by atoms with Gasteiger partial charge < -0.3 is 0 Å². The molecular formula is C11H7BrCl2N2O3S2. The van der Waals surface area contributed by atoms with Crippen LogP contribution >= 0.6 is 49.6 Å². The average Bonchev–Trinajstić information content (AvgIpc) is 2.69. The van der Waals surface area contributed by atoms with Crippen molar-refractivity contribution in [2.45, 2.75) is 11.1 Å². The van der Waals surface area contributed by atoms with Crippen molar-refractivity contribution in [3.63, 3.8) is 0 Å². The topological polar surface area (TPSA) is 76.1 Å². The summed E-state index contributed by atoms with van der Waals surface area (Å²) in [7, 11) is 1.40. The molecule has 5 nitrogen and oxygen atoms in total. The van der Waals surface area contributed by atoms with Crippen molar-refractivity contribution < 1.29 is 13.2 Å². The van der Waals surface area contributed by atoms with E-state index in [4.69, 9.17) is 22.3 Å². The Morgan fingerprint density at radius 2 is 2.10 bits per heavy atom. The molecule has 0 spiro atoms. The van der Waals surface area contributed by atoms with Gasteiger partial charge in [0.2, 0.25) is 0 Å². The molecule has 0 saturated carbocycles. The molecule has 0 aliphatic rings. The SMILES string of the molecule is Cc1nc(NC(=O)c2ccc(Cl)cc2Br)sc1S(=O)(=O)Cl. The third-order valence-corrected chi connectivity index (χ3v) is 6.51. The minimum atomic E-state index is -3.88. The minimum Gasteiger partial charge on any atom is -0.298 e. The molecule has 2 aromatic rings. The van der Waals surface area contributed by atoms with Crippen LogP contribution in [0.1, 0.15) is 16.1 Å². The van der Waals surface area contributed by atoms with Gasteiger partial charge in [-0.3, -0.25) is 10.1 Å². The van der Waals surface area contributed by atoms with Crippen molar-refractivity contribution in [2.24, 2.45) is 0 Å². The highest BCUT2D eigenvalue weighted by molar-refractivity contribution is 9.10. The fourth-order valence-electron chi connectivity index (χ4n) is 1.50. The largest absolute Gasteiger partial charge is 0.298 e. The molecule has 0 aliphatic heterocycles. The number of nitrogens with zero attached hydrogens (tertiary/aromatic N) is 1. The molecule has 0 bridgehead atoms. The van der Waals surface area contributed by atoms with Gasteiger partial charge in [-0.25, -0.2) is 13.4 Å². The van der Waals surface area contributed by atoms with Gasteiger partial charge in [0.1, 0.15) is 0 Å². The maximum absolute atomic E-state index is 12.1. The van der Waals surface area contributed by atoms with Gasteiger partial charge in [0.25, 0.3) is 15.0 Å². The predicted octanol–water partition coefficient (Wildman–Crippen LogP) is 4.05. The van der Waals surface area contributed by atoms with E-state index in [1.807, 2.05) is 0 Å². The first-order valence-electron chi connectivity index (χ1n) is 5.37. The molecule has 1 amide bonds. The number of thiazole rings is 1. The lowest BCUT2D eigenvalue weighted by molar-refractivity contribution is 0.102. The summed E-state index contributed by atoms with van der Waals surface area (Å²) in [5.74, 6) is -0.439. The third kappa shape index (κ3) is 3.95. The van der Waals surface area contributed by atoms with Crippen molar-refractivity contribution >= 4 is 69.6 Å². The minimum absolute atomic E-state index is 0.0883. The Morgan fingerprint density at radius 3 is 2.62 bits per heavy atom. The fourth-order valence-corrected chi connectivity index (χ4v) is 4.71. The summed E-state index contributed by atoms with van der Waals surface area (Å²) in [5.41, 5.74) is 0.586. The highest BCUT2D eigenvalue weighted by Gasteiger charge is 2.21. The molecule has 0 atom stereocenters. The first-order chi connectivity index (χ1) is 9.68. The molecule has 1 N–H and O–H groups in total. The Morgan fingerprint density at radius 1 is 1.43 bits per heavy atom. The molecular weight excluding hydrogens is 423 g/mol. The van der Waals surface area contributed by atoms with Crippen LogP contribution in [0.3, 0.4) is 0 Å². The first kappa shape index (κ1) is 16.7. The van der Waals surface area contributed by atoms with Crippen molar-refractivity contribution in [2.75, 3.05) is 5.32 Å². The van der Waals surface area contributed by atoms with E-state index in [0.717, 1.165) is 11.3 Å². The number of carbonyl (C=O) groups is 1. The van der Waals surface area contributed by atoms with Crippen molar-refractivity contribution in [3.8, 4) is 0 Å². The predicted molar refractivity (Wildman–Crippen MR) is 87.0 cm³/mol. The highest BCUT2D eigenvalue weighted by Crippen LogP contribution is 2.30. The number of halogens is 3. The zero-order valence-electron chi connectivity index (χ0n) is 10.4. The van der Waals surface area contributed by atoms with Gasteiger partial charge in [0, 0.05) is 20.2 Å². The van der Waals surface area contributed by atoms with Gasteiger partial charge in [0.15, 0.2) is 9.34 Å². The number of aromatic nitrogens is 1. The lowest BCUT2D eigenvalue weighted by atomic mass is 10.2. The van der Waals surface area contributed by atoms with Crippen LogP contribution in [0, 0.1) is 6.92 Å². The van der Waals surface area contributed by atoms with Gasteiger partial charge in [0.05, 0.1) is 11.3 Å². The summed E-state index contributed by atoms with van der Waals surface area (Å²) in [4.78, 5) is 16.1. The number of anilines is 1. The number of nitrogens with one attached hydrogen (secondary N) is 1. The second-order valence-corrected chi connectivity index (χ2v) is 8.96. The van der Waals surface area contributed by atoms with Crippen LogP contribution in [0.15, 0.2) is 26.9 Å². The Bertz CT molecular complexity index is 821. The van der Waals surface area contributed by atoms with Gasteiger partial charge in [-0.15, -0.1) is 0 Å². The summed E-state index contributed by atoms with van der Waals surface area (Å²) in [5, 5.41) is 3.16. The fraction of sp³-hybridized carbons (Fsp3) is 0.0909. The zero-order chi connectivity index (χ0) is 15.8. The van der Waals surface area contributed by atoms with E-state index in [1.165, 1.54) is 6.92 Å². The van der Waals surface area contributed by atoms with Gasteiger partial charge >= 0.3 is 0 Å².